The van der Waals surface area contributed by atoms with Crippen LogP contribution in [0.1, 0.15) is 52.4 Å². The lowest BCUT2D eigenvalue weighted by Gasteiger charge is -2.18. The van der Waals surface area contributed by atoms with Gasteiger partial charge in [-0.2, -0.15) is 0 Å². The van der Waals surface area contributed by atoms with Gasteiger partial charge in [-0.3, -0.25) is 0 Å². The lowest BCUT2D eigenvalue weighted by atomic mass is 10.1. The smallest absolute Gasteiger partial charge is 0.326 e. The molecule has 3 N–H and O–H groups in total. The van der Waals surface area contributed by atoms with Crippen molar-refractivity contribution in [2.45, 2.75) is 64.5 Å². The topological polar surface area (TPSA) is 78.4 Å². The summed E-state index contributed by atoms with van der Waals surface area (Å²) in [7, 11) is 0. The van der Waals surface area contributed by atoms with Crippen LogP contribution in [0.25, 0.3) is 0 Å². The minimum absolute atomic E-state index is 0.109. The van der Waals surface area contributed by atoms with Gasteiger partial charge in [-0.25, -0.2) is 9.59 Å². The molecule has 0 aromatic rings. The zero-order valence-electron chi connectivity index (χ0n) is 11.2. The van der Waals surface area contributed by atoms with E-state index in [4.69, 9.17) is 5.11 Å². The molecule has 5 heteroatoms. The molecule has 1 saturated carbocycles. The Morgan fingerprint density at radius 1 is 1.33 bits per heavy atom. The van der Waals surface area contributed by atoms with Gasteiger partial charge in [0.05, 0.1) is 0 Å². The number of carboxylic acid groups (broad SMARTS) is 1. The van der Waals surface area contributed by atoms with Crippen LogP contribution in [-0.2, 0) is 4.79 Å². The summed E-state index contributed by atoms with van der Waals surface area (Å²) in [5, 5.41) is 14.3. The summed E-state index contributed by atoms with van der Waals surface area (Å²) in [6.45, 7) is 3.95. The predicted molar refractivity (Wildman–Crippen MR) is 69.4 cm³/mol. The molecule has 0 saturated heterocycles. The van der Waals surface area contributed by atoms with Crippen molar-refractivity contribution in [1.82, 2.24) is 10.6 Å². The van der Waals surface area contributed by atoms with Gasteiger partial charge in [0.25, 0.3) is 0 Å². The highest BCUT2D eigenvalue weighted by Crippen LogP contribution is 2.33. The van der Waals surface area contributed by atoms with Crippen LogP contribution >= 0.6 is 0 Å². The number of hydrogen-bond acceptors (Lipinski definition) is 2. The quantitative estimate of drug-likeness (QED) is 0.622. The fourth-order valence-electron chi connectivity index (χ4n) is 2.00. The van der Waals surface area contributed by atoms with E-state index in [0.717, 1.165) is 25.2 Å². The average molecular weight is 256 g/mol. The first kappa shape index (κ1) is 14.8. The number of hydrogen-bond donors (Lipinski definition) is 3. The van der Waals surface area contributed by atoms with Gasteiger partial charge in [0.1, 0.15) is 6.04 Å². The molecule has 1 rings (SSSR count). The summed E-state index contributed by atoms with van der Waals surface area (Å²) in [6, 6.07) is -1.04. The maximum Gasteiger partial charge on any atom is 0.326 e. The Hall–Kier alpha value is -1.26. The lowest BCUT2D eigenvalue weighted by Crippen LogP contribution is -2.48. The molecule has 2 amide bonds. The van der Waals surface area contributed by atoms with E-state index in [1.165, 1.54) is 12.8 Å². The summed E-state index contributed by atoms with van der Waals surface area (Å²) in [4.78, 5) is 22.6. The highest BCUT2D eigenvalue weighted by Gasteiger charge is 2.25. The van der Waals surface area contributed by atoms with Crippen molar-refractivity contribution in [3.63, 3.8) is 0 Å². The van der Waals surface area contributed by atoms with E-state index in [9.17, 15) is 9.59 Å². The molecule has 1 aliphatic carbocycles. The molecule has 0 heterocycles. The standard InChI is InChI=1S/C13H24N2O3/c1-3-4-5-11(12(16)17)15-13(18)14-9(2)8-10-6-7-10/h9-11H,3-8H2,1-2H3,(H,16,17)(H2,14,15,18)/t9?,11-/m0/s1. The van der Waals surface area contributed by atoms with Crippen molar-refractivity contribution in [1.29, 1.82) is 0 Å². The molecule has 0 aromatic heterocycles. The Morgan fingerprint density at radius 2 is 2.00 bits per heavy atom. The molecule has 0 radical (unpaired) electrons. The molecule has 1 aliphatic rings. The summed E-state index contributed by atoms with van der Waals surface area (Å²) in [6.07, 6.45) is 5.69. The van der Waals surface area contributed by atoms with Crippen molar-refractivity contribution in [2.24, 2.45) is 5.92 Å². The zero-order valence-corrected chi connectivity index (χ0v) is 11.2. The Kier molecular flexibility index (Phi) is 5.95. The molecular formula is C13H24N2O3. The van der Waals surface area contributed by atoms with Crippen molar-refractivity contribution in [3.8, 4) is 0 Å². The third kappa shape index (κ3) is 5.89. The van der Waals surface area contributed by atoms with E-state index in [-0.39, 0.29) is 12.1 Å². The number of carbonyl (C=O) groups is 2. The van der Waals surface area contributed by atoms with Gasteiger partial charge in [-0.1, -0.05) is 32.6 Å². The second-order valence-corrected chi connectivity index (χ2v) is 5.23. The van der Waals surface area contributed by atoms with E-state index in [2.05, 4.69) is 10.6 Å². The third-order valence-electron chi connectivity index (χ3n) is 3.21. The van der Waals surface area contributed by atoms with Crippen molar-refractivity contribution >= 4 is 12.0 Å². The van der Waals surface area contributed by atoms with E-state index in [1.54, 1.807) is 0 Å². The largest absolute Gasteiger partial charge is 0.480 e. The van der Waals surface area contributed by atoms with Gasteiger partial charge in [0.15, 0.2) is 0 Å². The van der Waals surface area contributed by atoms with Crippen LogP contribution in [0.2, 0.25) is 0 Å². The maximum atomic E-state index is 11.6. The van der Waals surface area contributed by atoms with E-state index in [1.807, 2.05) is 13.8 Å². The van der Waals surface area contributed by atoms with Crippen LogP contribution in [-0.4, -0.2) is 29.2 Å². The summed E-state index contributed by atoms with van der Waals surface area (Å²) < 4.78 is 0. The number of nitrogens with one attached hydrogen (secondary N) is 2. The van der Waals surface area contributed by atoms with Crippen LogP contribution in [0.5, 0.6) is 0 Å². The van der Waals surface area contributed by atoms with Crippen LogP contribution in [0.4, 0.5) is 4.79 Å². The number of unbranched alkanes of at least 4 members (excludes halogenated alkanes) is 1. The molecule has 18 heavy (non-hydrogen) atoms. The van der Waals surface area contributed by atoms with Crippen molar-refractivity contribution in [2.75, 3.05) is 0 Å². The third-order valence-corrected chi connectivity index (χ3v) is 3.21. The molecule has 104 valence electrons. The van der Waals surface area contributed by atoms with Gasteiger partial charge < -0.3 is 15.7 Å². The Labute approximate surface area is 108 Å². The zero-order chi connectivity index (χ0) is 13.5. The second-order valence-electron chi connectivity index (χ2n) is 5.23. The van der Waals surface area contributed by atoms with Gasteiger partial charge in [0.2, 0.25) is 0 Å². The first-order chi connectivity index (χ1) is 8.52. The van der Waals surface area contributed by atoms with Crippen molar-refractivity contribution in [3.05, 3.63) is 0 Å². The minimum atomic E-state index is -0.964. The second kappa shape index (κ2) is 7.24. The molecule has 0 bridgehead atoms. The van der Waals surface area contributed by atoms with Crippen molar-refractivity contribution < 1.29 is 14.7 Å². The summed E-state index contributed by atoms with van der Waals surface area (Å²) in [5.41, 5.74) is 0. The molecule has 0 spiro atoms. The summed E-state index contributed by atoms with van der Waals surface area (Å²) >= 11 is 0. The first-order valence-corrected chi connectivity index (χ1v) is 6.82. The van der Waals surface area contributed by atoms with Crippen LogP contribution in [0, 0.1) is 5.92 Å². The molecule has 0 aromatic carbocycles. The number of amides is 2. The fraction of sp³-hybridized carbons (Fsp3) is 0.846. The molecule has 2 atom stereocenters. The molecule has 0 aliphatic heterocycles. The molecule has 1 unspecified atom stereocenters. The minimum Gasteiger partial charge on any atom is -0.480 e. The molecular weight excluding hydrogens is 232 g/mol. The SMILES string of the molecule is CCCC[C@H](NC(=O)NC(C)CC1CC1)C(=O)O. The van der Waals surface area contributed by atoms with Gasteiger partial charge in [-0.15, -0.1) is 0 Å². The highest BCUT2D eigenvalue weighted by molar-refractivity contribution is 5.82. The number of urea groups is 1. The van der Waals surface area contributed by atoms with Gasteiger partial charge >= 0.3 is 12.0 Å². The van der Waals surface area contributed by atoms with Gasteiger partial charge in [-0.05, 0) is 25.7 Å². The average Bonchev–Trinajstić information content (AvgIpc) is 3.07. The normalized spacial score (nSPS) is 17.9. The maximum absolute atomic E-state index is 11.6. The highest BCUT2D eigenvalue weighted by atomic mass is 16.4. The molecule has 5 nitrogen and oxygen atoms in total. The summed E-state index contributed by atoms with van der Waals surface area (Å²) in [5.74, 6) is -0.218. The van der Waals surface area contributed by atoms with Crippen LogP contribution in [0.3, 0.4) is 0 Å². The Morgan fingerprint density at radius 3 is 2.50 bits per heavy atom. The van der Waals surface area contributed by atoms with E-state index < -0.39 is 12.0 Å². The Bertz CT molecular complexity index is 290. The van der Waals surface area contributed by atoms with E-state index >= 15 is 0 Å². The molecule has 1 fully saturated rings. The number of aliphatic carboxylic acids is 1. The van der Waals surface area contributed by atoms with Crippen LogP contribution in [0.15, 0.2) is 0 Å². The van der Waals surface area contributed by atoms with Gasteiger partial charge in [0, 0.05) is 6.04 Å². The first-order valence-electron chi connectivity index (χ1n) is 6.82. The lowest BCUT2D eigenvalue weighted by molar-refractivity contribution is -0.139. The number of rotatable bonds is 8. The fourth-order valence-corrected chi connectivity index (χ4v) is 2.00. The predicted octanol–water partition coefficient (Wildman–Crippen LogP) is 2.12. The monoisotopic (exact) mass is 256 g/mol. The van der Waals surface area contributed by atoms with E-state index in [0.29, 0.717) is 6.42 Å². The Balaban J connectivity index is 2.27. The number of carbonyl (C=O) groups excluding carboxylic acids is 1. The number of carboxylic acids is 1. The van der Waals surface area contributed by atoms with Crippen LogP contribution < -0.4 is 10.6 Å².